The summed E-state index contributed by atoms with van der Waals surface area (Å²) in [5, 5.41) is 3.15. The fourth-order valence-electron chi connectivity index (χ4n) is 1.60. The van der Waals surface area contributed by atoms with Crippen molar-refractivity contribution in [3.05, 3.63) is 17.6 Å². The van der Waals surface area contributed by atoms with Gasteiger partial charge in [0.1, 0.15) is 11.6 Å². The fraction of sp³-hybridized carbons (Fsp3) is 0.667. The highest BCUT2D eigenvalue weighted by Gasteiger charge is 2.05. The van der Waals surface area contributed by atoms with Crippen LogP contribution in [0.1, 0.15) is 24.9 Å². The van der Waals surface area contributed by atoms with E-state index >= 15 is 0 Å². The maximum absolute atomic E-state index is 4.45. The molecule has 16 heavy (non-hydrogen) atoms. The molecule has 0 atom stereocenters. The summed E-state index contributed by atoms with van der Waals surface area (Å²) in [4.78, 5) is 11.0. The van der Waals surface area contributed by atoms with Crippen LogP contribution in [-0.4, -0.2) is 37.2 Å². The second kappa shape index (κ2) is 6.43. The highest BCUT2D eigenvalue weighted by Crippen LogP contribution is 2.11. The first-order valence-electron chi connectivity index (χ1n) is 5.87. The van der Waals surface area contributed by atoms with E-state index in [1.165, 1.54) is 0 Å². The van der Waals surface area contributed by atoms with E-state index in [2.05, 4.69) is 40.2 Å². The Morgan fingerprint density at radius 3 is 2.75 bits per heavy atom. The first-order chi connectivity index (χ1) is 7.67. The van der Waals surface area contributed by atoms with E-state index < -0.39 is 0 Å². The Kier molecular flexibility index (Phi) is 5.19. The first kappa shape index (κ1) is 12.9. The van der Waals surface area contributed by atoms with Gasteiger partial charge in [-0.25, -0.2) is 9.97 Å². The van der Waals surface area contributed by atoms with Crippen molar-refractivity contribution >= 4 is 5.82 Å². The predicted molar refractivity (Wildman–Crippen MR) is 68.0 cm³/mol. The van der Waals surface area contributed by atoms with Crippen molar-refractivity contribution in [2.45, 2.75) is 26.7 Å². The molecule has 1 heterocycles. The van der Waals surface area contributed by atoms with Crippen LogP contribution in [0.4, 0.5) is 5.82 Å². The van der Waals surface area contributed by atoms with Crippen molar-refractivity contribution in [3.8, 4) is 0 Å². The van der Waals surface area contributed by atoms with E-state index in [4.69, 9.17) is 0 Å². The normalized spacial score (nSPS) is 10.5. The molecule has 1 rings (SSSR count). The second-order valence-corrected chi connectivity index (χ2v) is 4.00. The number of aryl methyl sites for hydroxylation is 2. The molecule has 0 saturated heterocycles. The summed E-state index contributed by atoms with van der Waals surface area (Å²) in [6.45, 7) is 6.12. The number of nitrogens with zero attached hydrogens (tertiary/aromatic N) is 3. The van der Waals surface area contributed by atoms with Crippen LogP contribution in [0.2, 0.25) is 0 Å². The Hall–Kier alpha value is -1.16. The van der Waals surface area contributed by atoms with Crippen LogP contribution < -0.4 is 10.2 Å². The Bertz CT molecular complexity index is 325. The van der Waals surface area contributed by atoms with E-state index in [-0.39, 0.29) is 0 Å². The molecule has 1 aromatic rings. The lowest BCUT2D eigenvalue weighted by molar-refractivity contribution is 0.707. The average molecular weight is 222 g/mol. The van der Waals surface area contributed by atoms with Crippen LogP contribution >= 0.6 is 0 Å². The second-order valence-electron chi connectivity index (χ2n) is 4.00. The molecule has 4 heteroatoms. The fourth-order valence-corrected chi connectivity index (χ4v) is 1.60. The van der Waals surface area contributed by atoms with Crippen LogP contribution in [0.15, 0.2) is 6.07 Å². The summed E-state index contributed by atoms with van der Waals surface area (Å²) in [5.41, 5.74) is 1.11. The molecular weight excluding hydrogens is 200 g/mol. The van der Waals surface area contributed by atoms with E-state index in [0.717, 1.165) is 43.3 Å². The summed E-state index contributed by atoms with van der Waals surface area (Å²) in [5.74, 6) is 1.88. The van der Waals surface area contributed by atoms with Gasteiger partial charge in [0.05, 0.1) is 0 Å². The van der Waals surface area contributed by atoms with Crippen LogP contribution in [0.3, 0.4) is 0 Å². The number of hydrogen-bond donors (Lipinski definition) is 1. The third-order valence-corrected chi connectivity index (χ3v) is 2.55. The van der Waals surface area contributed by atoms with Gasteiger partial charge in [-0.15, -0.1) is 0 Å². The number of aromatic nitrogens is 2. The molecule has 90 valence electrons. The van der Waals surface area contributed by atoms with Crippen molar-refractivity contribution in [3.63, 3.8) is 0 Å². The van der Waals surface area contributed by atoms with Gasteiger partial charge in [0.15, 0.2) is 0 Å². The Morgan fingerprint density at radius 1 is 1.38 bits per heavy atom. The molecule has 1 aromatic heterocycles. The van der Waals surface area contributed by atoms with Crippen molar-refractivity contribution in [2.24, 2.45) is 0 Å². The summed E-state index contributed by atoms with van der Waals surface area (Å²) in [6.07, 6.45) is 2.08. The maximum atomic E-state index is 4.45. The zero-order valence-corrected chi connectivity index (χ0v) is 10.7. The molecular formula is C12H22N4. The van der Waals surface area contributed by atoms with E-state index in [1.54, 1.807) is 0 Å². The SMILES string of the molecule is CCc1cc(N(C)CCCNC)nc(C)n1. The van der Waals surface area contributed by atoms with Crippen LogP contribution in [0, 0.1) is 6.92 Å². The highest BCUT2D eigenvalue weighted by molar-refractivity contribution is 5.38. The number of rotatable bonds is 6. The molecule has 0 aromatic carbocycles. The molecule has 4 nitrogen and oxygen atoms in total. The number of anilines is 1. The molecule has 0 unspecified atom stereocenters. The lowest BCUT2D eigenvalue weighted by Crippen LogP contribution is -2.23. The third-order valence-electron chi connectivity index (χ3n) is 2.55. The molecule has 0 aliphatic carbocycles. The summed E-state index contributed by atoms with van der Waals surface area (Å²) < 4.78 is 0. The highest BCUT2D eigenvalue weighted by atomic mass is 15.2. The molecule has 0 saturated carbocycles. The van der Waals surface area contributed by atoms with Crippen molar-refractivity contribution < 1.29 is 0 Å². The maximum Gasteiger partial charge on any atom is 0.132 e. The molecule has 0 radical (unpaired) electrons. The molecule has 0 aliphatic rings. The minimum atomic E-state index is 0.856. The van der Waals surface area contributed by atoms with Crippen LogP contribution in [0.25, 0.3) is 0 Å². The summed E-state index contributed by atoms with van der Waals surface area (Å²) in [6, 6.07) is 2.08. The Labute approximate surface area is 98.1 Å². The molecule has 0 amide bonds. The number of hydrogen-bond acceptors (Lipinski definition) is 4. The third kappa shape index (κ3) is 3.77. The Balaban J connectivity index is 2.66. The smallest absolute Gasteiger partial charge is 0.132 e. The van der Waals surface area contributed by atoms with Crippen molar-refractivity contribution in [1.82, 2.24) is 15.3 Å². The largest absolute Gasteiger partial charge is 0.360 e. The van der Waals surface area contributed by atoms with Gasteiger partial charge in [-0.05, 0) is 33.4 Å². The minimum Gasteiger partial charge on any atom is -0.360 e. The summed E-state index contributed by atoms with van der Waals surface area (Å²) in [7, 11) is 4.06. The molecule has 0 aliphatic heterocycles. The molecule has 0 fully saturated rings. The van der Waals surface area contributed by atoms with E-state index in [1.807, 2.05) is 14.0 Å². The zero-order valence-electron chi connectivity index (χ0n) is 10.7. The van der Waals surface area contributed by atoms with Gasteiger partial charge in [0.2, 0.25) is 0 Å². The van der Waals surface area contributed by atoms with Crippen molar-refractivity contribution in [1.29, 1.82) is 0 Å². The monoisotopic (exact) mass is 222 g/mol. The van der Waals surface area contributed by atoms with Crippen LogP contribution in [-0.2, 0) is 6.42 Å². The van der Waals surface area contributed by atoms with Gasteiger partial charge in [0.25, 0.3) is 0 Å². The van der Waals surface area contributed by atoms with Crippen LogP contribution in [0.5, 0.6) is 0 Å². The first-order valence-corrected chi connectivity index (χ1v) is 5.87. The molecule has 0 spiro atoms. The van der Waals surface area contributed by atoms with E-state index in [0.29, 0.717) is 0 Å². The van der Waals surface area contributed by atoms with Gasteiger partial charge >= 0.3 is 0 Å². The molecule has 1 N–H and O–H groups in total. The zero-order chi connectivity index (χ0) is 12.0. The van der Waals surface area contributed by atoms with Gasteiger partial charge in [-0.3, -0.25) is 0 Å². The quantitative estimate of drug-likeness (QED) is 0.739. The van der Waals surface area contributed by atoms with E-state index in [9.17, 15) is 0 Å². The average Bonchev–Trinajstić information content (AvgIpc) is 2.28. The standard InChI is InChI=1S/C12H22N4/c1-5-11-9-12(15-10(2)14-11)16(4)8-6-7-13-3/h9,13H,5-8H2,1-4H3. The number of nitrogens with one attached hydrogen (secondary N) is 1. The topological polar surface area (TPSA) is 41.0 Å². The Morgan fingerprint density at radius 2 is 2.12 bits per heavy atom. The van der Waals surface area contributed by atoms with Gasteiger partial charge in [-0.1, -0.05) is 6.92 Å². The van der Waals surface area contributed by atoms with Crippen molar-refractivity contribution in [2.75, 3.05) is 32.1 Å². The summed E-state index contributed by atoms with van der Waals surface area (Å²) >= 11 is 0. The lowest BCUT2D eigenvalue weighted by atomic mass is 10.3. The lowest BCUT2D eigenvalue weighted by Gasteiger charge is -2.18. The minimum absolute atomic E-state index is 0.856. The molecule has 0 bridgehead atoms. The van der Waals surface area contributed by atoms with Gasteiger partial charge < -0.3 is 10.2 Å². The van der Waals surface area contributed by atoms with Gasteiger partial charge in [-0.2, -0.15) is 0 Å². The predicted octanol–water partition coefficient (Wildman–Crippen LogP) is 1.39. The van der Waals surface area contributed by atoms with Gasteiger partial charge in [0, 0.05) is 25.4 Å².